The summed E-state index contributed by atoms with van der Waals surface area (Å²) in [7, 11) is -0.657. The molecule has 6 fully saturated rings. The molecule has 8 atom stereocenters. The van der Waals surface area contributed by atoms with Crippen molar-refractivity contribution in [3.05, 3.63) is 154 Å². The van der Waals surface area contributed by atoms with Gasteiger partial charge in [-0.25, -0.2) is 0 Å². The predicted molar refractivity (Wildman–Crippen MR) is 200 cm³/mol. The van der Waals surface area contributed by atoms with Crippen molar-refractivity contribution in [1.29, 1.82) is 0 Å². The van der Waals surface area contributed by atoms with E-state index in [-0.39, 0.29) is 25.0 Å². The van der Waals surface area contributed by atoms with Crippen LogP contribution in [0.4, 0.5) is 0 Å². The molecule has 0 aliphatic heterocycles. The average Bonchev–Trinajstić information content (AvgIpc) is 3.97. The van der Waals surface area contributed by atoms with Crippen LogP contribution in [0.25, 0.3) is 0 Å². The maximum atomic E-state index is 2.67. The zero-order chi connectivity index (χ0) is 30.9. The molecule has 3 unspecified atom stereocenters. The molecule has 242 valence electrons. The zero-order valence-corrected chi connectivity index (χ0v) is 30.5. The van der Waals surface area contributed by atoms with Gasteiger partial charge in [0.05, 0.1) is 0 Å². The first-order chi connectivity index (χ1) is 22.7. The van der Waals surface area contributed by atoms with E-state index in [1.54, 1.807) is 31.6 Å². The standard InChI is InChI=1S/C39H43P2.C5H5.Fe/c1-27(40(38-25-28-19-21-30(38)23-28)39-26-29-20-22-31(39)24-29)34-16-10-17-35(34)36-15-8-9-18-37(36)41(32-11-4-2-5-12-32)33-13-6-3-7-14-33;1-2-4-5-3-1;/h2-18,27-31,38-39H,19-26H2,1H3;1-5H;/t27-,28-,29+,30+,31-,38?,39?,40?;;/m0../s1. The molecule has 10 radical (unpaired) electrons. The summed E-state index contributed by atoms with van der Waals surface area (Å²) < 4.78 is 0. The van der Waals surface area contributed by atoms with Gasteiger partial charge in [0.2, 0.25) is 0 Å². The molecule has 0 spiro atoms. The van der Waals surface area contributed by atoms with Crippen molar-refractivity contribution in [2.45, 2.75) is 75.3 Å². The summed E-state index contributed by atoms with van der Waals surface area (Å²) >= 11 is 0. The Morgan fingerprint density at radius 3 is 1.55 bits per heavy atom. The van der Waals surface area contributed by atoms with E-state index in [0.717, 1.165) is 35.0 Å². The monoisotopic (exact) mass is 694 g/mol. The molecule has 6 aliphatic carbocycles. The summed E-state index contributed by atoms with van der Waals surface area (Å²) in [6.07, 6.45) is 29.7. The van der Waals surface area contributed by atoms with Crippen LogP contribution in [0.15, 0.2) is 84.9 Å². The SMILES string of the molecule is C[C@@H]([C]1[CH][CH][CH][C]1c1ccccc1P(c1ccccc1)c1ccccc1)P(C1C[C@H]2CC[C@@H]1C2)C1C[C@@H]2CC[C@H]1C2.[CH]1[CH][CH][CH][CH]1.[Fe]. The smallest absolute Gasteiger partial charge is 0.0171 e. The summed E-state index contributed by atoms with van der Waals surface area (Å²) in [6, 6.07) is 31.9. The number of fused-ring (bicyclic) bond motifs is 4. The van der Waals surface area contributed by atoms with E-state index in [1.807, 2.05) is 32.1 Å². The average molecular weight is 695 g/mol. The predicted octanol–water partition coefficient (Wildman–Crippen LogP) is 9.83. The Hall–Kier alpha value is -0.961. The van der Waals surface area contributed by atoms with Crippen molar-refractivity contribution in [3.63, 3.8) is 0 Å². The fourth-order valence-electron chi connectivity index (χ4n) is 9.98. The molecule has 6 aliphatic rings. The van der Waals surface area contributed by atoms with Crippen molar-refractivity contribution in [2.24, 2.45) is 23.7 Å². The van der Waals surface area contributed by atoms with E-state index in [2.05, 4.69) is 111 Å². The van der Waals surface area contributed by atoms with E-state index in [0.29, 0.717) is 5.66 Å². The molecule has 0 amide bonds. The van der Waals surface area contributed by atoms with Gasteiger partial charge in [-0.2, -0.15) is 0 Å². The number of benzene rings is 3. The molecule has 0 heterocycles. The van der Waals surface area contributed by atoms with Crippen molar-refractivity contribution in [2.75, 3.05) is 0 Å². The van der Waals surface area contributed by atoms with Crippen LogP contribution in [-0.4, -0.2) is 17.0 Å². The topological polar surface area (TPSA) is 0 Å². The summed E-state index contributed by atoms with van der Waals surface area (Å²) in [4.78, 5) is 0. The molecule has 0 nitrogen and oxygen atoms in total. The van der Waals surface area contributed by atoms with E-state index in [9.17, 15) is 0 Å². The van der Waals surface area contributed by atoms with Crippen LogP contribution in [-0.2, 0) is 17.1 Å². The van der Waals surface area contributed by atoms with Crippen molar-refractivity contribution < 1.29 is 17.1 Å². The number of rotatable bonds is 8. The molecule has 6 saturated carbocycles. The fourth-order valence-corrected chi connectivity index (χ4v) is 17.2. The second-order valence-electron chi connectivity index (χ2n) is 14.5. The summed E-state index contributed by atoms with van der Waals surface area (Å²) in [5, 5.41) is 4.38. The van der Waals surface area contributed by atoms with Gasteiger partial charge in [0.15, 0.2) is 0 Å². The van der Waals surface area contributed by atoms with Gasteiger partial charge in [-0.05, 0) is 166 Å². The quantitative estimate of drug-likeness (QED) is 0.163. The molecule has 0 aromatic heterocycles. The van der Waals surface area contributed by atoms with Crippen molar-refractivity contribution in [3.8, 4) is 0 Å². The molecule has 47 heavy (non-hydrogen) atoms. The first-order valence-electron chi connectivity index (χ1n) is 17.9. The van der Waals surface area contributed by atoms with Gasteiger partial charge in [0, 0.05) is 23.0 Å². The Kier molecular flexibility index (Phi) is 11.7. The molecule has 0 N–H and O–H groups in total. The molecule has 3 heteroatoms. The third-order valence-electron chi connectivity index (χ3n) is 11.9. The maximum absolute atomic E-state index is 2.67. The van der Waals surface area contributed by atoms with Crippen molar-refractivity contribution in [1.82, 2.24) is 0 Å². The van der Waals surface area contributed by atoms with Gasteiger partial charge >= 0.3 is 0 Å². The van der Waals surface area contributed by atoms with E-state index >= 15 is 0 Å². The van der Waals surface area contributed by atoms with Crippen LogP contribution in [0.1, 0.15) is 63.9 Å². The molecular weight excluding hydrogens is 646 g/mol. The largest absolute Gasteiger partial charge is 0.0962 e. The summed E-state index contributed by atoms with van der Waals surface area (Å²) in [6.45, 7) is 2.67. The molecule has 0 saturated heterocycles. The number of hydrogen-bond acceptors (Lipinski definition) is 0. The normalized spacial score (nSPS) is 31.1. The minimum atomic E-state index is -0.639. The van der Waals surface area contributed by atoms with Crippen LogP contribution in [0.3, 0.4) is 0 Å². The Bertz CT molecular complexity index is 1330. The summed E-state index contributed by atoms with van der Waals surface area (Å²) in [5.74, 6) is 7.32. The first-order valence-corrected chi connectivity index (χ1v) is 20.8. The van der Waals surface area contributed by atoms with Gasteiger partial charge in [-0.15, -0.1) is 0 Å². The van der Waals surface area contributed by atoms with Gasteiger partial charge in [0.25, 0.3) is 0 Å². The Morgan fingerprint density at radius 1 is 0.553 bits per heavy atom. The van der Waals surface area contributed by atoms with Gasteiger partial charge in [-0.1, -0.05) is 113 Å². The second kappa shape index (κ2) is 15.9. The van der Waals surface area contributed by atoms with Crippen LogP contribution in [0.5, 0.6) is 0 Å². The first kappa shape index (κ1) is 34.5. The van der Waals surface area contributed by atoms with Crippen LogP contribution >= 0.6 is 15.8 Å². The fraction of sp³-hybridized carbons (Fsp3) is 0.364. The van der Waals surface area contributed by atoms with E-state index in [1.165, 1.54) is 53.1 Å². The Labute approximate surface area is 300 Å². The molecular formula is C44H48FeP2. The molecule has 9 rings (SSSR count). The summed E-state index contributed by atoms with van der Waals surface area (Å²) in [5.41, 5.74) is 4.20. The van der Waals surface area contributed by atoms with Crippen molar-refractivity contribution >= 4 is 31.8 Å². The van der Waals surface area contributed by atoms with Gasteiger partial charge in [0.1, 0.15) is 0 Å². The minimum absolute atomic E-state index is 0. The van der Waals surface area contributed by atoms with Gasteiger partial charge in [-0.3, -0.25) is 0 Å². The van der Waals surface area contributed by atoms with Crippen LogP contribution in [0, 0.1) is 86.9 Å². The van der Waals surface area contributed by atoms with Crippen LogP contribution < -0.4 is 15.9 Å². The zero-order valence-electron chi connectivity index (χ0n) is 27.6. The minimum Gasteiger partial charge on any atom is -0.0962 e. The Balaban J connectivity index is 0.000000538. The number of hydrogen-bond donors (Lipinski definition) is 0. The molecule has 3 aromatic carbocycles. The van der Waals surface area contributed by atoms with Gasteiger partial charge < -0.3 is 0 Å². The molecule has 4 bridgehead atoms. The second-order valence-corrected chi connectivity index (χ2v) is 19.7. The van der Waals surface area contributed by atoms with E-state index in [4.69, 9.17) is 0 Å². The van der Waals surface area contributed by atoms with E-state index < -0.39 is 7.92 Å². The third kappa shape index (κ3) is 7.28. The molecule has 3 aromatic rings. The Morgan fingerprint density at radius 2 is 1.06 bits per heavy atom. The maximum Gasteiger partial charge on any atom is 0.0171 e. The van der Waals surface area contributed by atoms with Crippen LogP contribution in [0.2, 0.25) is 0 Å². The third-order valence-corrected chi connectivity index (χ3v) is 18.4.